The van der Waals surface area contributed by atoms with Crippen molar-refractivity contribution in [3.05, 3.63) is 0 Å². The molecule has 5 heteroatoms. The first-order valence-electron chi connectivity index (χ1n) is 6.64. The Labute approximate surface area is 112 Å². The molecule has 110 valence electrons. The average molecular weight is 279 g/mol. The van der Waals surface area contributed by atoms with Crippen molar-refractivity contribution in [3.8, 4) is 0 Å². The molecule has 0 heterocycles. The second-order valence-corrected chi connectivity index (χ2v) is 7.98. The summed E-state index contributed by atoms with van der Waals surface area (Å²) in [6, 6.07) is 0. The number of hydrogen-bond acceptors (Lipinski definition) is 3. The molecule has 0 aromatic carbocycles. The molecule has 0 bridgehead atoms. The number of nitrogens with two attached hydrogens (primary N) is 1. The van der Waals surface area contributed by atoms with E-state index in [2.05, 4.69) is 13.8 Å². The Morgan fingerprint density at radius 3 is 2.17 bits per heavy atom. The third-order valence-electron chi connectivity index (χ3n) is 3.16. The molecule has 0 aromatic heterocycles. The van der Waals surface area contributed by atoms with Gasteiger partial charge in [0.15, 0.2) is 0 Å². The first-order chi connectivity index (χ1) is 8.06. The van der Waals surface area contributed by atoms with Crippen LogP contribution in [-0.2, 0) is 14.8 Å². The van der Waals surface area contributed by atoms with Crippen molar-refractivity contribution in [3.63, 3.8) is 0 Å². The molecule has 0 amide bonds. The first kappa shape index (κ1) is 17.9. The summed E-state index contributed by atoms with van der Waals surface area (Å²) in [5.74, 6) is 0.435. The van der Waals surface area contributed by atoms with Crippen molar-refractivity contribution in [2.75, 3.05) is 19.0 Å². The summed E-state index contributed by atoms with van der Waals surface area (Å²) in [5.41, 5.74) is -0.125. The summed E-state index contributed by atoms with van der Waals surface area (Å²) in [6.45, 7) is 11.5. The van der Waals surface area contributed by atoms with Crippen LogP contribution in [0.2, 0.25) is 0 Å². The van der Waals surface area contributed by atoms with Gasteiger partial charge in [-0.15, -0.1) is 0 Å². The summed E-state index contributed by atoms with van der Waals surface area (Å²) in [5, 5.41) is 5.13. The molecule has 4 nitrogen and oxygen atoms in total. The molecule has 0 aliphatic heterocycles. The van der Waals surface area contributed by atoms with Crippen LogP contribution in [0.5, 0.6) is 0 Å². The molecule has 0 saturated heterocycles. The minimum atomic E-state index is -3.45. The van der Waals surface area contributed by atoms with Gasteiger partial charge in [-0.1, -0.05) is 41.0 Å². The maximum absolute atomic E-state index is 11.2. The average Bonchev–Trinajstić information content (AvgIpc) is 2.13. The van der Waals surface area contributed by atoms with Gasteiger partial charge < -0.3 is 4.74 Å². The van der Waals surface area contributed by atoms with Crippen LogP contribution in [0.3, 0.4) is 0 Å². The van der Waals surface area contributed by atoms with Gasteiger partial charge >= 0.3 is 0 Å². The second-order valence-electron chi connectivity index (χ2n) is 6.32. The van der Waals surface area contributed by atoms with Gasteiger partial charge in [0.05, 0.1) is 12.4 Å². The van der Waals surface area contributed by atoms with Crippen molar-refractivity contribution in [2.24, 2.45) is 22.4 Å². The maximum Gasteiger partial charge on any atom is 0.209 e. The highest BCUT2D eigenvalue weighted by molar-refractivity contribution is 7.89. The lowest BCUT2D eigenvalue weighted by atomic mass is 9.82. The smallest absolute Gasteiger partial charge is 0.209 e. The van der Waals surface area contributed by atoms with E-state index in [-0.39, 0.29) is 17.1 Å². The Bertz CT molecular complexity index is 320. The maximum atomic E-state index is 11.2. The summed E-state index contributed by atoms with van der Waals surface area (Å²) in [6.07, 6.45) is 2.28. The van der Waals surface area contributed by atoms with E-state index in [0.29, 0.717) is 19.1 Å². The van der Waals surface area contributed by atoms with E-state index >= 15 is 0 Å². The highest BCUT2D eigenvalue weighted by Gasteiger charge is 2.28. The van der Waals surface area contributed by atoms with Crippen molar-refractivity contribution >= 4 is 10.0 Å². The fourth-order valence-electron chi connectivity index (χ4n) is 1.82. The topological polar surface area (TPSA) is 69.4 Å². The second kappa shape index (κ2) is 7.46. The molecule has 2 unspecified atom stereocenters. The minimum absolute atomic E-state index is 0.0152. The molecule has 0 aromatic rings. The molecule has 0 rings (SSSR count). The summed E-state index contributed by atoms with van der Waals surface area (Å²) in [4.78, 5) is 0. The van der Waals surface area contributed by atoms with E-state index in [9.17, 15) is 8.42 Å². The van der Waals surface area contributed by atoms with E-state index in [1.165, 1.54) is 0 Å². The molecule has 0 aliphatic rings. The van der Waals surface area contributed by atoms with E-state index in [0.717, 1.165) is 12.8 Å². The zero-order valence-corrected chi connectivity index (χ0v) is 13.2. The molecule has 0 aliphatic carbocycles. The van der Waals surface area contributed by atoms with E-state index in [4.69, 9.17) is 9.88 Å². The summed E-state index contributed by atoms with van der Waals surface area (Å²) >= 11 is 0. The van der Waals surface area contributed by atoms with Gasteiger partial charge in [0.2, 0.25) is 10.0 Å². The molecule has 2 atom stereocenters. The zero-order chi connectivity index (χ0) is 14.4. The van der Waals surface area contributed by atoms with Crippen LogP contribution < -0.4 is 5.14 Å². The fourth-order valence-corrected chi connectivity index (χ4v) is 2.97. The molecule has 0 saturated carbocycles. The van der Waals surface area contributed by atoms with Crippen molar-refractivity contribution in [1.82, 2.24) is 0 Å². The number of primary sulfonamides is 1. The lowest BCUT2D eigenvalue weighted by molar-refractivity contribution is 0.0459. The molecular weight excluding hydrogens is 250 g/mol. The van der Waals surface area contributed by atoms with Gasteiger partial charge in [0, 0.05) is 12.5 Å². The first-order valence-corrected chi connectivity index (χ1v) is 8.36. The van der Waals surface area contributed by atoms with E-state index in [1.807, 2.05) is 20.8 Å². The van der Waals surface area contributed by atoms with Crippen LogP contribution in [0.25, 0.3) is 0 Å². The van der Waals surface area contributed by atoms with Crippen LogP contribution in [0.4, 0.5) is 0 Å². The monoisotopic (exact) mass is 279 g/mol. The van der Waals surface area contributed by atoms with Crippen LogP contribution >= 0.6 is 0 Å². The molecule has 0 spiro atoms. The van der Waals surface area contributed by atoms with Crippen LogP contribution in [-0.4, -0.2) is 27.4 Å². The largest absolute Gasteiger partial charge is 0.381 e. The Kier molecular flexibility index (Phi) is 7.40. The highest BCUT2D eigenvalue weighted by Crippen LogP contribution is 2.27. The highest BCUT2D eigenvalue weighted by atomic mass is 32.2. The van der Waals surface area contributed by atoms with E-state index < -0.39 is 10.0 Å². The third kappa shape index (κ3) is 8.89. The lowest BCUT2D eigenvalue weighted by Gasteiger charge is -2.30. The van der Waals surface area contributed by atoms with Gasteiger partial charge in [-0.3, -0.25) is 0 Å². The number of hydrogen-bond donors (Lipinski definition) is 1. The molecule has 18 heavy (non-hydrogen) atoms. The SMILES string of the molecule is CCCC(C)COCC(CS(N)(=O)=O)C(C)(C)C. The van der Waals surface area contributed by atoms with Crippen LogP contribution in [0.1, 0.15) is 47.5 Å². The Balaban J connectivity index is 4.28. The number of sulfonamides is 1. The fraction of sp³-hybridized carbons (Fsp3) is 1.00. The Morgan fingerprint density at radius 2 is 1.78 bits per heavy atom. The van der Waals surface area contributed by atoms with Crippen LogP contribution in [0, 0.1) is 17.3 Å². The third-order valence-corrected chi connectivity index (χ3v) is 4.03. The van der Waals surface area contributed by atoms with Crippen molar-refractivity contribution in [2.45, 2.75) is 47.5 Å². The molecule has 0 fully saturated rings. The normalized spacial score (nSPS) is 16.6. The summed E-state index contributed by atoms with van der Waals surface area (Å²) < 4.78 is 28.1. The predicted octanol–water partition coefficient (Wildman–Crippen LogP) is 2.39. The van der Waals surface area contributed by atoms with Crippen molar-refractivity contribution in [1.29, 1.82) is 0 Å². The quantitative estimate of drug-likeness (QED) is 0.741. The van der Waals surface area contributed by atoms with Crippen molar-refractivity contribution < 1.29 is 13.2 Å². The number of rotatable bonds is 8. The van der Waals surface area contributed by atoms with Gasteiger partial charge in [0.1, 0.15) is 0 Å². The lowest BCUT2D eigenvalue weighted by Crippen LogP contribution is -2.35. The molecular formula is C13H29NO3S. The van der Waals surface area contributed by atoms with Gasteiger partial charge in [-0.25, -0.2) is 13.6 Å². The predicted molar refractivity (Wildman–Crippen MR) is 75.8 cm³/mol. The van der Waals surface area contributed by atoms with Gasteiger partial charge in [-0.2, -0.15) is 0 Å². The zero-order valence-electron chi connectivity index (χ0n) is 12.4. The van der Waals surface area contributed by atoms with Gasteiger partial charge in [0.25, 0.3) is 0 Å². The Hall–Kier alpha value is -0.130. The summed E-state index contributed by atoms with van der Waals surface area (Å²) in [7, 11) is -3.45. The molecule has 2 N–H and O–H groups in total. The molecule has 0 radical (unpaired) electrons. The minimum Gasteiger partial charge on any atom is -0.381 e. The number of ether oxygens (including phenoxy) is 1. The standard InChI is InChI=1S/C13H29NO3S/c1-6-7-11(2)8-17-9-12(13(3,4)5)10-18(14,15)16/h11-12H,6-10H2,1-5H3,(H2,14,15,16). The van der Waals surface area contributed by atoms with E-state index in [1.54, 1.807) is 0 Å². The van der Waals surface area contributed by atoms with Gasteiger partial charge in [-0.05, 0) is 17.8 Å². The Morgan fingerprint density at radius 1 is 1.22 bits per heavy atom. The van der Waals surface area contributed by atoms with Crippen LogP contribution in [0.15, 0.2) is 0 Å².